The Hall–Kier alpha value is -1.87. The Kier molecular flexibility index (Phi) is 3.93. The molecule has 1 N–H and O–H groups in total. The van der Waals surface area contributed by atoms with Crippen molar-refractivity contribution in [3.8, 4) is 5.75 Å². The smallest absolute Gasteiger partial charge is 0.127 e. The lowest BCUT2D eigenvalue weighted by Gasteiger charge is -2.18. The van der Waals surface area contributed by atoms with Gasteiger partial charge in [0.2, 0.25) is 0 Å². The lowest BCUT2D eigenvalue weighted by atomic mass is 10.0. The zero-order valence-corrected chi connectivity index (χ0v) is 12.7. The molecule has 0 aliphatic carbocycles. The van der Waals surface area contributed by atoms with E-state index < -0.39 is 0 Å². The second-order valence-corrected chi connectivity index (χ2v) is 6.23. The average molecular weight is 282 g/mol. The Balaban J connectivity index is 1.56. The molecule has 1 aromatic carbocycles. The first kappa shape index (κ1) is 14.1. The van der Waals surface area contributed by atoms with Crippen LogP contribution in [0.2, 0.25) is 0 Å². The molecular formula is C18H22N2O. The first-order valence-electron chi connectivity index (χ1n) is 7.53. The van der Waals surface area contributed by atoms with E-state index >= 15 is 0 Å². The van der Waals surface area contributed by atoms with Crippen LogP contribution in [0.1, 0.15) is 30.5 Å². The zero-order chi connectivity index (χ0) is 14.7. The molecule has 2 aromatic rings. The Labute approximate surface area is 126 Å². The van der Waals surface area contributed by atoms with Gasteiger partial charge in [-0.05, 0) is 50.1 Å². The summed E-state index contributed by atoms with van der Waals surface area (Å²) in [5.41, 5.74) is 3.82. The summed E-state index contributed by atoms with van der Waals surface area (Å²) in [5.74, 6) is 1.08. The van der Waals surface area contributed by atoms with E-state index in [-0.39, 0.29) is 5.60 Å². The molecule has 0 saturated heterocycles. The number of rotatable bonds is 5. The fraction of sp³-hybridized carbons (Fsp3) is 0.389. The molecule has 21 heavy (non-hydrogen) atoms. The fourth-order valence-electron chi connectivity index (χ4n) is 2.82. The Morgan fingerprint density at radius 2 is 2.00 bits per heavy atom. The minimum atomic E-state index is -0.0739. The summed E-state index contributed by atoms with van der Waals surface area (Å²) >= 11 is 0. The maximum absolute atomic E-state index is 6.09. The molecule has 3 rings (SSSR count). The van der Waals surface area contributed by atoms with Crippen molar-refractivity contribution in [3.63, 3.8) is 0 Å². The fourth-order valence-corrected chi connectivity index (χ4v) is 2.82. The normalized spacial score (nSPS) is 15.5. The van der Waals surface area contributed by atoms with Crippen molar-refractivity contribution in [2.45, 2.75) is 38.8 Å². The molecule has 110 valence electrons. The lowest BCUT2D eigenvalue weighted by molar-refractivity contribution is 0.137. The number of hydrogen-bond donors (Lipinski definition) is 1. The van der Waals surface area contributed by atoms with E-state index in [0.29, 0.717) is 0 Å². The number of pyridine rings is 1. The monoisotopic (exact) mass is 282 g/mol. The van der Waals surface area contributed by atoms with Gasteiger partial charge < -0.3 is 10.1 Å². The molecule has 1 aliphatic rings. The van der Waals surface area contributed by atoms with Crippen LogP contribution in [0.25, 0.3) is 0 Å². The van der Waals surface area contributed by atoms with E-state index in [1.165, 1.54) is 16.7 Å². The highest BCUT2D eigenvalue weighted by atomic mass is 16.5. The first-order valence-corrected chi connectivity index (χ1v) is 7.53. The summed E-state index contributed by atoms with van der Waals surface area (Å²) in [6.07, 6.45) is 5.70. The highest BCUT2D eigenvalue weighted by Gasteiger charge is 2.31. The van der Waals surface area contributed by atoms with Gasteiger partial charge in [-0.3, -0.25) is 4.98 Å². The molecule has 0 atom stereocenters. The molecule has 1 aliphatic heterocycles. The van der Waals surface area contributed by atoms with Crippen molar-refractivity contribution in [2.75, 3.05) is 6.54 Å². The third kappa shape index (κ3) is 3.42. The number of para-hydroxylation sites is 1. The van der Waals surface area contributed by atoms with Crippen LogP contribution >= 0.6 is 0 Å². The predicted molar refractivity (Wildman–Crippen MR) is 84.5 cm³/mol. The van der Waals surface area contributed by atoms with Crippen LogP contribution in [-0.4, -0.2) is 17.1 Å². The van der Waals surface area contributed by atoms with E-state index in [4.69, 9.17) is 4.74 Å². The third-order valence-electron chi connectivity index (χ3n) is 3.83. The highest BCUT2D eigenvalue weighted by molar-refractivity contribution is 5.45. The standard InChI is InChI=1S/C18H22N2O/c1-18(2)12-15-4-3-5-16(17(15)21-18)13-20-11-8-14-6-9-19-10-7-14/h3-7,9-10,20H,8,11-13H2,1-2H3. The van der Waals surface area contributed by atoms with E-state index in [2.05, 4.69) is 54.5 Å². The molecule has 0 spiro atoms. The van der Waals surface area contributed by atoms with Crippen LogP contribution in [0, 0.1) is 0 Å². The summed E-state index contributed by atoms with van der Waals surface area (Å²) < 4.78 is 6.09. The number of nitrogens with zero attached hydrogens (tertiary/aromatic N) is 1. The largest absolute Gasteiger partial charge is 0.487 e. The number of benzene rings is 1. The minimum absolute atomic E-state index is 0.0739. The van der Waals surface area contributed by atoms with E-state index in [9.17, 15) is 0 Å². The number of aromatic nitrogens is 1. The molecule has 1 aromatic heterocycles. The molecule has 0 amide bonds. The van der Waals surface area contributed by atoms with Crippen LogP contribution in [0.5, 0.6) is 5.75 Å². The number of hydrogen-bond acceptors (Lipinski definition) is 3. The maximum atomic E-state index is 6.09. The van der Waals surface area contributed by atoms with Crippen LogP contribution in [-0.2, 0) is 19.4 Å². The topological polar surface area (TPSA) is 34.2 Å². The minimum Gasteiger partial charge on any atom is -0.487 e. The molecule has 3 nitrogen and oxygen atoms in total. The number of fused-ring (bicyclic) bond motifs is 1. The molecule has 0 fully saturated rings. The van der Waals surface area contributed by atoms with Gasteiger partial charge in [0.15, 0.2) is 0 Å². The van der Waals surface area contributed by atoms with Gasteiger partial charge in [-0.25, -0.2) is 0 Å². The van der Waals surface area contributed by atoms with Crippen molar-refractivity contribution in [1.29, 1.82) is 0 Å². The van der Waals surface area contributed by atoms with Gasteiger partial charge in [-0.15, -0.1) is 0 Å². The number of ether oxygens (including phenoxy) is 1. The Morgan fingerprint density at radius 1 is 1.19 bits per heavy atom. The van der Waals surface area contributed by atoms with E-state index in [1.807, 2.05) is 12.4 Å². The van der Waals surface area contributed by atoms with Gasteiger partial charge in [-0.2, -0.15) is 0 Å². The molecule has 0 unspecified atom stereocenters. The van der Waals surface area contributed by atoms with E-state index in [0.717, 1.165) is 31.7 Å². The maximum Gasteiger partial charge on any atom is 0.127 e. The Morgan fingerprint density at radius 3 is 2.81 bits per heavy atom. The number of nitrogens with one attached hydrogen (secondary N) is 1. The van der Waals surface area contributed by atoms with Crippen LogP contribution in [0.3, 0.4) is 0 Å². The average Bonchev–Trinajstić information content (AvgIpc) is 2.79. The lowest BCUT2D eigenvalue weighted by Crippen LogP contribution is -2.25. The van der Waals surface area contributed by atoms with Crippen LogP contribution in [0.15, 0.2) is 42.7 Å². The van der Waals surface area contributed by atoms with Gasteiger partial charge in [0.25, 0.3) is 0 Å². The summed E-state index contributed by atoms with van der Waals surface area (Å²) in [5, 5.41) is 3.51. The summed E-state index contributed by atoms with van der Waals surface area (Å²) in [7, 11) is 0. The molecular weight excluding hydrogens is 260 g/mol. The van der Waals surface area contributed by atoms with Crippen molar-refractivity contribution in [3.05, 3.63) is 59.4 Å². The van der Waals surface area contributed by atoms with Gasteiger partial charge in [-0.1, -0.05) is 18.2 Å². The highest BCUT2D eigenvalue weighted by Crippen LogP contribution is 2.37. The third-order valence-corrected chi connectivity index (χ3v) is 3.83. The van der Waals surface area contributed by atoms with E-state index in [1.54, 1.807) is 0 Å². The summed E-state index contributed by atoms with van der Waals surface area (Å²) in [6.45, 7) is 6.10. The van der Waals surface area contributed by atoms with Crippen LogP contribution < -0.4 is 10.1 Å². The van der Waals surface area contributed by atoms with Gasteiger partial charge in [0.05, 0.1) is 0 Å². The quantitative estimate of drug-likeness (QED) is 0.856. The summed E-state index contributed by atoms with van der Waals surface area (Å²) in [4.78, 5) is 4.04. The Bertz CT molecular complexity index is 608. The van der Waals surface area contributed by atoms with Gasteiger partial charge in [0, 0.05) is 30.9 Å². The molecule has 0 bridgehead atoms. The molecule has 0 radical (unpaired) electrons. The molecule has 3 heteroatoms. The second kappa shape index (κ2) is 5.86. The molecule has 2 heterocycles. The first-order chi connectivity index (χ1) is 10.1. The predicted octanol–water partition coefficient (Wildman–Crippen LogP) is 3.13. The van der Waals surface area contributed by atoms with Crippen molar-refractivity contribution < 1.29 is 4.74 Å². The van der Waals surface area contributed by atoms with Crippen molar-refractivity contribution in [2.24, 2.45) is 0 Å². The van der Waals surface area contributed by atoms with Gasteiger partial charge in [0.1, 0.15) is 11.4 Å². The summed E-state index contributed by atoms with van der Waals surface area (Å²) in [6, 6.07) is 10.6. The SMILES string of the molecule is CC1(C)Cc2cccc(CNCCc3ccncc3)c2O1. The van der Waals surface area contributed by atoms with Crippen molar-refractivity contribution >= 4 is 0 Å². The van der Waals surface area contributed by atoms with Crippen LogP contribution in [0.4, 0.5) is 0 Å². The van der Waals surface area contributed by atoms with Gasteiger partial charge >= 0.3 is 0 Å². The van der Waals surface area contributed by atoms with Crippen molar-refractivity contribution in [1.82, 2.24) is 10.3 Å². The zero-order valence-electron chi connectivity index (χ0n) is 12.7. The second-order valence-electron chi connectivity index (χ2n) is 6.23. The molecule has 0 saturated carbocycles.